The van der Waals surface area contributed by atoms with Crippen LogP contribution >= 0.6 is 11.6 Å². The van der Waals surface area contributed by atoms with Crippen LogP contribution in [0.15, 0.2) is 41.3 Å². The van der Waals surface area contributed by atoms with Gasteiger partial charge >= 0.3 is 12.3 Å². The number of nitrogens with zero attached hydrogens (tertiary/aromatic N) is 2. The first kappa shape index (κ1) is 24.9. The van der Waals surface area contributed by atoms with Crippen molar-refractivity contribution in [2.45, 2.75) is 51.1 Å². The molecule has 1 aliphatic rings. The predicted octanol–water partition coefficient (Wildman–Crippen LogP) is 4.91. The lowest BCUT2D eigenvalue weighted by atomic mass is 10.0. The third kappa shape index (κ3) is 8.37. The Kier molecular flexibility index (Phi) is 8.30. The van der Waals surface area contributed by atoms with Gasteiger partial charge in [-0.25, -0.2) is 10.3 Å². The predicted molar refractivity (Wildman–Crippen MR) is 109 cm³/mol. The van der Waals surface area contributed by atoms with Gasteiger partial charge in [0.25, 0.3) is 0 Å². The quantitative estimate of drug-likeness (QED) is 0.588. The molecule has 172 valence electrons. The van der Waals surface area contributed by atoms with Crippen molar-refractivity contribution in [2.75, 3.05) is 19.7 Å². The third-order valence-corrected chi connectivity index (χ3v) is 4.57. The molecule has 1 amide bonds. The van der Waals surface area contributed by atoms with Gasteiger partial charge in [-0.05, 0) is 44.9 Å². The number of morpholine rings is 1. The number of amides is 1. The summed E-state index contributed by atoms with van der Waals surface area (Å²) in [5, 5.41) is 5.95. The molecule has 0 bridgehead atoms. The van der Waals surface area contributed by atoms with Crippen LogP contribution in [0, 0.1) is 5.53 Å². The minimum absolute atomic E-state index is 0.0188. The van der Waals surface area contributed by atoms with Crippen LogP contribution in [0.5, 0.6) is 0 Å². The molecule has 1 aliphatic heterocycles. The van der Waals surface area contributed by atoms with E-state index in [9.17, 15) is 18.0 Å². The lowest BCUT2D eigenvalue weighted by Crippen LogP contribution is -2.54. The van der Waals surface area contributed by atoms with Crippen LogP contribution in [0.3, 0.4) is 0 Å². The van der Waals surface area contributed by atoms with Crippen LogP contribution in [-0.2, 0) is 15.9 Å². The Balaban J connectivity index is 2.18. The molecule has 0 aliphatic carbocycles. The topological polar surface area (TPSA) is 87.0 Å². The number of hydrogen-bond acceptors (Lipinski definition) is 6. The minimum Gasteiger partial charge on any atom is -0.444 e. The fourth-order valence-electron chi connectivity index (χ4n) is 2.95. The van der Waals surface area contributed by atoms with E-state index in [4.69, 9.17) is 26.6 Å². The highest BCUT2D eigenvalue weighted by Crippen LogP contribution is 2.24. The molecular weight excluding hydrogens is 437 g/mol. The first-order valence-corrected chi connectivity index (χ1v) is 9.99. The molecular formula is C20H26ClF3N4O3. The number of alkyl halides is 3. The molecule has 0 radical (unpaired) electrons. The van der Waals surface area contributed by atoms with Gasteiger partial charge in [0.15, 0.2) is 0 Å². The minimum atomic E-state index is -4.41. The second kappa shape index (κ2) is 10.3. The van der Waals surface area contributed by atoms with Gasteiger partial charge < -0.3 is 14.8 Å². The average Bonchev–Trinajstić information content (AvgIpc) is 2.65. The smallest absolute Gasteiger partial charge is 0.410 e. The van der Waals surface area contributed by atoms with Gasteiger partial charge in [-0.3, -0.25) is 4.90 Å². The summed E-state index contributed by atoms with van der Waals surface area (Å²) in [6.45, 7) is 4.02. The van der Waals surface area contributed by atoms with Crippen molar-refractivity contribution in [3.05, 3.63) is 46.7 Å². The molecule has 0 aromatic heterocycles. The lowest BCUT2D eigenvalue weighted by Gasteiger charge is -2.40. The number of rotatable bonds is 6. The number of hydrogen-bond donors (Lipinski definition) is 2. The highest BCUT2D eigenvalue weighted by Gasteiger charge is 2.36. The van der Waals surface area contributed by atoms with Crippen molar-refractivity contribution < 1.29 is 27.4 Å². The van der Waals surface area contributed by atoms with E-state index in [0.717, 1.165) is 11.8 Å². The van der Waals surface area contributed by atoms with E-state index in [1.54, 1.807) is 32.9 Å². The Morgan fingerprint density at radius 1 is 1.35 bits per heavy atom. The van der Waals surface area contributed by atoms with Crippen LogP contribution in [0.2, 0.25) is 5.02 Å². The molecule has 2 N–H and O–H groups in total. The zero-order valence-electron chi connectivity index (χ0n) is 17.5. The van der Waals surface area contributed by atoms with Crippen molar-refractivity contribution in [3.63, 3.8) is 0 Å². The van der Waals surface area contributed by atoms with Crippen molar-refractivity contribution in [2.24, 2.45) is 5.11 Å². The van der Waals surface area contributed by atoms with Gasteiger partial charge in [0, 0.05) is 11.2 Å². The van der Waals surface area contributed by atoms with Crippen LogP contribution < -0.4 is 5.32 Å². The fourth-order valence-corrected chi connectivity index (χ4v) is 3.08. The van der Waals surface area contributed by atoms with E-state index in [0.29, 0.717) is 11.4 Å². The summed E-state index contributed by atoms with van der Waals surface area (Å²) in [5.41, 5.74) is 7.45. The molecule has 1 fully saturated rings. The zero-order valence-corrected chi connectivity index (χ0v) is 18.3. The Morgan fingerprint density at radius 3 is 2.55 bits per heavy atom. The fraction of sp³-hybridized carbons (Fsp3) is 0.550. The Labute approximate surface area is 184 Å². The first-order chi connectivity index (χ1) is 14.4. The normalized spacial score (nSPS) is 20.4. The maximum Gasteiger partial charge on any atom is 0.410 e. The van der Waals surface area contributed by atoms with E-state index in [1.807, 2.05) is 12.1 Å². The van der Waals surface area contributed by atoms with Gasteiger partial charge in [0.05, 0.1) is 19.2 Å². The molecule has 11 heteroatoms. The lowest BCUT2D eigenvalue weighted by molar-refractivity contribution is -0.122. The standard InChI is InChI=1S/C20H26ClF3N4O3/c1-19(2,3)31-18(29)28-10-17(16(27-25)9-26-12-20(22,23)24)30-11-15(28)8-13-4-6-14(21)7-5-13/h4-7,9,15,17,25-26H,8,10-12H2,1-3H3/b16-9-,27-25?. The van der Waals surface area contributed by atoms with Crippen LogP contribution in [0.25, 0.3) is 0 Å². The summed E-state index contributed by atoms with van der Waals surface area (Å²) in [4.78, 5) is 14.3. The first-order valence-electron chi connectivity index (χ1n) is 9.61. The van der Waals surface area contributed by atoms with Crippen molar-refractivity contribution in [3.8, 4) is 0 Å². The van der Waals surface area contributed by atoms with Gasteiger partial charge in [0.1, 0.15) is 23.9 Å². The summed E-state index contributed by atoms with van der Waals surface area (Å²) in [6.07, 6.45) is -4.41. The highest BCUT2D eigenvalue weighted by atomic mass is 35.5. The highest BCUT2D eigenvalue weighted by molar-refractivity contribution is 6.30. The Morgan fingerprint density at radius 2 is 2.00 bits per heavy atom. The van der Waals surface area contributed by atoms with Crippen LogP contribution in [0.1, 0.15) is 26.3 Å². The second-order valence-corrected chi connectivity index (χ2v) is 8.55. The molecule has 2 atom stereocenters. The second-order valence-electron chi connectivity index (χ2n) is 8.12. The average molecular weight is 463 g/mol. The van der Waals surface area contributed by atoms with Gasteiger partial charge in [0.2, 0.25) is 0 Å². The number of carbonyl (C=O) groups excluding carboxylic acids is 1. The molecule has 2 rings (SSSR count). The van der Waals surface area contributed by atoms with Gasteiger partial charge in [-0.2, -0.15) is 18.3 Å². The zero-order chi connectivity index (χ0) is 23.2. The van der Waals surface area contributed by atoms with Crippen LogP contribution in [-0.4, -0.2) is 54.6 Å². The van der Waals surface area contributed by atoms with Gasteiger partial charge in [-0.1, -0.05) is 23.7 Å². The molecule has 1 aromatic carbocycles. The largest absolute Gasteiger partial charge is 0.444 e. The molecule has 1 heterocycles. The number of benzene rings is 1. The molecule has 31 heavy (non-hydrogen) atoms. The third-order valence-electron chi connectivity index (χ3n) is 4.32. The van der Waals surface area contributed by atoms with Crippen molar-refractivity contribution >= 4 is 17.7 Å². The summed E-state index contributed by atoms with van der Waals surface area (Å²) in [7, 11) is 0. The van der Waals surface area contributed by atoms with E-state index in [-0.39, 0.29) is 24.9 Å². The maximum absolute atomic E-state index is 12.8. The Hall–Kier alpha value is -2.33. The summed E-state index contributed by atoms with van der Waals surface area (Å²) in [6, 6.07) is 6.79. The SMILES string of the molecule is CC(C)(C)OC(=O)N1CC(/C(=C/NCC(F)(F)F)N=N)OCC1Cc1ccc(Cl)cc1. The number of carbonyl (C=O) groups is 1. The molecule has 1 aromatic rings. The molecule has 0 saturated carbocycles. The van der Waals surface area contributed by atoms with E-state index >= 15 is 0 Å². The molecule has 2 unspecified atom stereocenters. The molecule has 7 nitrogen and oxygen atoms in total. The number of halogens is 4. The number of ether oxygens (including phenoxy) is 2. The van der Waals surface area contributed by atoms with Crippen molar-refractivity contribution in [1.82, 2.24) is 10.2 Å². The van der Waals surface area contributed by atoms with Gasteiger partial charge in [-0.15, -0.1) is 0 Å². The summed E-state index contributed by atoms with van der Waals surface area (Å²) >= 11 is 5.93. The Bertz CT molecular complexity index is 794. The van der Waals surface area contributed by atoms with E-state index in [2.05, 4.69) is 10.4 Å². The monoisotopic (exact) mass is 462 g/mol. The summed E-state index contributed by atoms with van der Waals surface area (Å²) in [5.74, 6) is 0. The van der Waals surface area contributed by atoms with E-state index < -0.39 is 30.5 Å². The van der Waals surface area contributed by atoms with Crippen molar-refractivity contribution in [1.29, 1.82) is 5.53 Å². The summed E-state index contributed by atoms with van der Waals surface area (Å²) < 4.78 is 48.4. The number of nitrogens with one attached hydrogen (secondary N) is 2. The van der Waals surface area contributed by atoms with E-state index in [1.165, 1.54) is 4.90 Å². The van der Waals surface area contributed by atoms with Crippen LogP contribution in [0.4, 0.5) is 18.0 Å². The molecule has 0 spiro atoms. The molecule has 1 saturated heterocycles. The maximum atomic E-state index is 12.8.